The minimum Gasteiger partial charge on any atom is -0.261 e. The Hall–Kier alpha value is -1.70. The molecule has 0 fully saturated rings. The Labute approximate surface area is 103 Å². The van der Waals surface area contributed by atoms with Crippen LogP contribution >= 0.6 is 0 Å². The third kappa shape index (κ3) is 2.70. The molecule has 88 valence electrons. The van der Waals surface area contributed by atoms with Crippen LogP contribution in [0.3, 0.4) is 0 Å². The molecule has 0 spiro atoms. The second-order valence-electron chi connectivity index (χ2n) is 5.31. The molecule has 2 heteroatoms. The topological polar surface area (TPSA) is 25.8 Å². The predicted octanol–water partition coefficient (Wildman–Crippen LogP) is 3.65. The molecule has 2 aromatic rings. The number of nitrogens with zero attached hydrogens (tertiary/aromatic N) is 2. The zero-order valence-corrected chi connectivity index (χ0v) is 10.6. The van der Waals surface area contributed by atoms with Gasteiger partial charge >= 0.3 is 0 Å². The van der Waals surface area contributed by atoms with E-state index in [-0.39, 0.29) is 11.3 Å². The number of rotatable bonds is 2. The molecule has 0 amide bonds. The van der Waals surface area contributed by atoms with Gasteiger partial charge in [-0.25, -0.2) is 0 Å². The molecule has 2 heterocycles. The molecular formula is C15H18N2. The number of hydrogen-bond donors (Lipinski definition) is 0. The summed E-state index contributed by atoms with van der Waals surface area (Å²) in [4.78, 5) is 8.96. The molecule has 0 saturated carbocycles. The Morgan fingerprint density at radius 1 is 0.824 bits per heavy atom. The molecular weight excluding hydrogens is 208 g/mol. The third-order valence-electron chi connectivity index (χ3n) is 2.83. The highest BCUT2D eigenvalue weighted by Crippen LogP contribution is 2.38. The Balaban J connectivity index is 2.48. The lowest BCUT2D eigenvalue weighted by Gasteiger charge is -2.29. The summed E-state index contributed by atoms with van der Waals surface area (Å²) < 4.78 is 0. The molecule has 17 heavy (non-hydrogen) atoms. The van der Waals surface area contributed by atoms with E-state index in [1.54, 1.807) is 0 Å². The van der Waals surface area contributed by atoms with Crippen LogP contribution in [0.25, 0.3) is 0 Å². The van der Waals surface area contributed by atoms with Gasteiger partial charge in [0.15, 0.2) is 0 Å². The first-order valence-electron chi connectivity index (χ1n) is 5.91. The highest BCUT2D eigenvalue weighted by atomic mass is 14.7. The van der Waals surface area contributed by atoms with Crippen molar-refractivity contribution in [1.82, 2.24) is 9.97 Å². The van der Waals surface area contributed by atoms with Gasteiger partial charge in [-0.15, -0.1) is 0 Å². The van der Waals surface area contributed by atoms with E-state index < -0.39 is 0 Å². The van der Waals surface area contributed by atoms with Crippen LogP contribution in [0.2, 0.25) is 0 Å². The highest BCUT2D eigenvalue weighted by Gasteiger charge is 2.29. The first kappa shape index (κ1) is 11.8. The van der Waals surface area contributed by atoms with Crippen molar-refractivity contribution in [2.24, 2.45) is 5.41 Å². The summed E-state index contributed by atoms with van der Waals surface area (Å²) in [7, 11) is 0. The summed E-state index contributed by atoms with van der Waals surface area (Å²) in [6.07, 6.45) is 3.69. The molecule has 0 aliphatic rings. The molecule has 0 aliphatic heterocycles. The normalized spacial score (nSPS) is 11.8. The average molecular weight is 226 g/mol. The quantitative estimate of drug-likeness (QED) is 0.781. The molecule has 0 atom stereocenters. The minimum atomic E-state index is 0.0999. The fourth-order valence-electron chi connectivity index (χ4n) is 2.13. The summed E-state index contributed by atoms with van der Waals surface area (Å²) in [5, 5.41) is 0. The van der Waals surface area contributed by atoms with Gasteiger partial charge in [-0.05, 0) is 29.7 Å². The van der Waals surface area contributed by atoms with Crippen molar-refractivity contribution in [3.63, 3.8) is 0 Å². The third-order valence-corrected chi connectivity index (χ3v) is 2.83. The summed E-state index contributed by atoms with van der Waals surface area (Å²) in [6, 6.07) is 12.1. The summed E-state index contributed by atoms with van der Waals surface area (Å²) in [6.45, 7) is 6.67. The van der Waals surface area contributed by atoms with Gasteiger partial charge in [-0.3, -0.25) is 9.97 Å². The monoisotopic (exact) mass is 226 g/mol. The van der Waals surface area contributed by atoms with Gasteiger partial charge in [-0.2, -0.15) is 0 Å². The van der Waals surface area contributed by atoms with E-state index in [0.717, 1.165) is 11.4 Å². The lowest BCUT2D eigenvalue weighted by Crippen LogP contribution is -2.21. The van der Waals surface area contributed by atoms with Crippen molar-refractivity contribution >= 4 is 0 Å². The van der Waals surface area contributed by atoms with Crippen molar-refractivity contribution < 1.29 is 0 Å². The van der Waals surface area contributed by atoms with Crippen LogP contribution in [0.4, 0.5) is 0 Å². The lowest BCUT2D eigenvalue weighted by atomic mass is 9.76. The van der Waals surface area contributed by atoms with E-state index in [0.29, 0.717) is 0 Å². The fraction of sp³-hybridized carbons (Fsp3) is 0.333. The summed E-state index contributed by atoms with van der Waals surface area (Å²) >= 11 is 0. The first-order valence-corrected chi connectivity index (χ1v) is 5.91. The average Bonchev–Trinajstić information content (AvgIpc) is 2.30. The molecule has 0 bridgehead atoms. The van der Waals surface area contributed by atoms with Gasteiger partial charge in [0, 0.05) is 29.7 Å². The number of aromatic nitrogens is 2. The van der Waals surface area contributed by atoms with Gasteiger partial charge < -0.3 is 0 Å². The highest BCUT2D eigenvalue weighted by molar-refractivity contribution is 5.25. The second-order valence-corrected chi connectivity index (χ2v) is 5.31. The van der Waals surface area contributed by atoms with Crippen LogP contribution in [0.1, 0.15) is 38.1 Å². The molecule has 0 saturated heterocycles. The van der Waals surface area contributed by atoms with E-state index in [1.165, 1.54) is 0 Å². The van der Waals surface area contributed by atoms with Gasteiger partial charge in [0.1, 0.15) is 0 Å². The first-order chi connectivity index (χ1) is 8.09. The predicted molar refractivity (Wildman–Crippen MR) is 69.8 cm³/mol. The molecule has 0 unspecified atom stereocenters. The zero-order valence-electron chi connectivity index (χ0n) is 10.6. The molecule has 0 radical (unpaired) electrons. The standard InChI is InChI=1S/C15H18N2/c1-15(2,3)14(12-8-4-6-10-16-12)13-9-5-7-11-17-13/h4-11,14H,1-3H3. The molecule has 2 aromatic heterocycles. The van der Waals surface area contributed by atoms with E-state index >= 15 is 0 Å². The summed E-state index contributed by atoms with van der Waals surface area (Å²) in [5.41, 5.74) is 2.26. The van der Waals surface area contributed by atoms with Crippen molar-refractivity contribution in [1.29, 1.82) is 0 Å². The van der Waals surface area contributed by atoms with Crippen molar-refractivity contribution in [2.75, 3.05) is 0 Å². The van der Waals surface area contributed by atoms with Crippen molar-refractivity contribution in [3.05, 3.63) is 60.2 Å². The van der Waals surface area contributed by atoms with Gasteiger partial charge in [0.25, 0.3) is 0 Å². The van der Waals surface area contributed by atoms with E-state index in [4.69, 9.17) is 0 Å². The Kier molecular flexibility index (Phi) is 3.23. The lowest BCUT2D eigenvalue weighted by molar-refractivity contribution is 0.348. The van der Waals surface area contributed by atoms with E-state index in [2.05, 4.69) is 42.9 Å². The maximum atomic E-state index is 4.48. The fourth-order valence-corrected chi connectivity index (χ4v) is 2.13. The maximum Gasteiger partial charge on any atom is 0.0499 e. The molecule has 0 N–H and O–H groups in total. The van der Waals surface area contributed by atoms with Crippen LogP contribution < -0.4 is 0 Å². The van der Waals surface area contributed by atoms with E-state index in [1.807, 2.05) is 36.7 Å². The Bertz CT molecular complexity index is 418. The largest absolute Gasteiger partial charge is 0.261 e. The number of pyridine rings is 2. The van der Waals surface area contributed by atoms with Gasteiger partial charge in [0.05, 0.1) is 0 Å². The van der Waals surface area contributed by atoms with Crippen LogP contribution in [-0.4, -0.2) is 9.97 Å². The Morgan fingerprint density at radius 2 is 1.29 bits per heavy atom. The zero-order chi connectivity index (χ0) is 12.3. The van der Waals surface area contributed by atoms with Crippen LogP contribution in [0.15, 0.2) is 48.8 Å². The van der Waals surface area contributed by atoms with Gasteiger partial charge in [-0.1, -0.05) is 32.9 Å². The van der Waals surface area contributed by atoms with Crippen LogP contribution in [0, 0.1) is 5.41 Å². The smallest absolute Gasteiger partial charge is 0.0499 e. The Morgan fingerprint density at radius 3 is 1.59 bits per heavy atom. The summed E-state index contributed by atoms with van der Waals surface area (Å²) in [5.74, 6) is 0.227. The minimum absolute atomic E-state index is 0.0999. The van der Waals surface area contributed by atoms with Crippen LogP contribution in [0.5, 0.6) is 0 Å². The maximum absolute atomic E-state index is 4.48. The van der Waals surface area contributed by atoms with Gasteiger partial charge in [0.2, 0.25) is 0 Å². The van der Waals surface area contributed by atoms with Crippen LogP contribution in [-0.2, 0) is 0 Å². The van der Waals surface area contributed by atoms with Crippen molar-refractivity contribution in [2.45, 2.75) is 26.7 Å². The molecule has 2 nitrogen and oxygen atoms in total. The van der Waals surface area contributed by atoms with E-state index in [9.17, 15) is 0 Å². The SMILES string of the molecule is CC(C)(C)C(c1ccccn1)c1ccccn1. The molecule has 2 rings (SSSR count). The molecule has 0 aliphatic carbocycles. The number of hydrogen-bond acceptors (Lipinski definition) is 2. The molecule has 0 aromatic carbocycles. The van der Waals surface area contributed by atoms with Crippen molar-refractivity contribution in [3.8, 4) is 0 Å². The second kappa shape index (κ2) is 4.66.